The summed E-state index contributed by atoms with van der Waals surface area (Å²) < 4.78 is 2.56. The molecule has 0 nitrogen and oxygen atoms in total. The molecule has 0 N–H and O–H groups in total. The highest BCUT2D eigenvalue weighted by molar-refractivity contribution is 14.1. The molecule has 44 valence electrons. The van der Waals surface area contributed by atoms with Gasteiger partial charge in [-0.15, -0.1) is 11.3 Å². The van der Waals surface area contributed by atoms with Crippen LogP contribution in [0.2, 0.25) is 0 Å². The van der Waals surface area contributed by atoms with Gasteiger partial charge in [-0.05, 0) is 51.5 Å². The SMILES string of the molecule is Cc1cc(I)c(Br)s1. The summed E-state index contributed by atoms with van der Waals surface area (Å²) in [5, 5.41) is 0. The summed E-state index contributed by atoms with van der Waals surface area (Å²) in [6, 6.07) is 2.16. The molecule has 0 saturated carbocycles. The second-order valence-electron chi connectivity index (χ2n) is 1.48. The van der Waals surface area contributed by atoms with Gasteiger partial charge in [-0.2, -0.15) is 0 Å². The Bertz CT molecular complexity index is 175. The molecule has 0 radical (unpaired) electrons. The fraction of sp³-hybridized carbons (Fsp3) is 0.200. The highest BCUT2D eigenvalue weighted by Crippen LogP contribution is 2.28. The van der Waals surface area contributed by atoms with E-state index in [0.29, 0.717) is 0 Å². The summed E-state index contributed by atoms with van der Waals surface area (Å²) in [6.07, 6.45) is 0. The predicted octanol–water partition coefficient (Wildman–Crippen LogP) is 3.42. The quantitative estimate of drug-likeness (QED) is 0.644. The van der Waals surface area contributed by atoms with Crippen molar-refractivity contribution < 1.29 is 0 Å². The molecule has 0 aromatic carbocycles. The Labute approximate surface area is 74.6 Å². The average molecular weight is 303 g/mol. The topological polar surface area (TPSA) is 0 Å². The lowest BCUT2D eigenvalue weighted by Gasteiger charge is -1.74. The first-order valence-corrected chi connectivity index (χ1v) is 4.80. The Hall–Kier alpha value is 0.910. The molecular weight excluding hydrogens is 299 g/mol. The fourth-order valence-electron chi connectivity index (χ4n) is 0.455. The van der Waals surface area contributed by atoms with Crippen LogP contribution in [0.25, 0.3) is 0 Å². The van der Waals surface area contributed by atoms with Gasteiger partial charge in [0.25, 0.3) is 0 Å². The summed E-state index contributed by atoms with van der Waals surface area (Å²) >= 11 is 7.51. The van der Waals surface area contributed by atoms with E-state index < -0.39 is 0 Å². The summed E-state index contributed by atoms with van der Waals surface area (Å²) in [7, 11) is 0. The van der Waals surface area contributed by atoms with Gasteiger partial charge in [-0.1, -0.05) is 0 Å². The molecule has 3 heteroatoms. The Balaban J connectivity index is 3.14. The normalized spacial score (nSPS) is 9.88. The van der Waals surface area contributed by atoms with Crippen LogP contribution in [-0.2, 0) is 0 Å². The van der Waals surface area contributed by atoms with Crippen molar-refractivity contribution in [2.75, 3.05) is 0 Å². The molecular formula is C5H4BrIS. The van der Waals surface area contributed by atoms with Crippen molar-refractivity contribution >= 4 is 49.9 Å². The zero-order valence-electron chi connectivity index (χ0n) is 4.24. The van der Waals surface area contributed by atoms with Crippen molar-refractivity contribution in [2.24, 2.45) is 0 Å². The van der Waals surface area contributed by atoms with E-state index >= 15 is 0 Å². The molecule has 0 bridgehead atoms. The van der Waals surface area contributed by atoms with Gasteiger partial charge in [0.15, 0.2) is 0 Å². The summed E-state index contributed by atoms with van der Waals surface area (Å²) in [5.41, 5.74) is 0. The zero-order valence-corrected chi connectivity index (χ0v) is 8.80. The van der Waals surface area contributed by atoms with Crippen LogP contribution in [0, 0.1) is 10.5 Å². The Kier molecular flexibility index (Phi) is 2.34. The molecule has 0 aliphatic heterocycles. The van der Waals surface area contributed by atoms with Gasteiger partial charge in [0.05, 0.1) is 3.79 Å². The Morgan fingerprint density at radius 1 is 1.75 bits per heavy atom. The van der Waals surface area contributed by atoms with Gasteiger partial charge in [0, 0.05) is 8.45 Å². The minimum absolute atomic E-state index is 1.25. The molecule has 1 heterocycles. The number of hydrogen-bond acceptors (Lipinski definition) is 1. The largest absolute Gasteiger partial charge is 0.132 e. The van der Waals surface area contributed by atoms with Crippen molar-refractivity contribution in [3.8, 4) is 0 Å². The van der Waals surface area contributed by atoms with Crippen LogP contribution in [-0.4, -0.2) is 0 Å². The first-order valence-electron chi connectivity index (χ1n) is 2.11. The first-order chi connectivity index (χ1) is 3.70. The third-order valence-corrected chi connectivity index (χ3v) is 4.48. The van der Waals surface area contributed by atoms with E-state index in [9.17, 15) is 0 Å². The van der Waals surface area contributed by atoms with Gasteiger partial charge in [-0.3, -0.25) is 0 Å². The molecule has 1 aromatic rings. The van der Waals surface area contributed by atoms with Crippen LogP contribution < -0.4 is 0 Å². The molecule has 1 aromatic heterocycles. The second-order valence-corrected chi connectivity index (χ2v) is 5.22. The lowest BCUT2D eigenvalue weighted by Crippen LogP contribution is -1.54. The maximum Gasteiger partial charge on any atom is 0.0834 e. The van der Waals surface area contributed by atoms with E-state index in [1.54, 1.807) is 11.3 Å². The summed E-state index contributed by atoms with van der Waals surface area (Å²) in [5.74, 6) is 0. The van der Waals surface area contributed by atoms with Gasteiger partial charge >= 0.3 is 0 Å². The van der Waals surface area contributed by atoms with Crippen molar-refractivity contribution in [3.05, 3.63) is 18.3 Å². The number of hydrogen-bond donors (Lipinski definition) is 0. The average Bonchev–Trinajstić information content (AvgIpc) is 1.85. The summed E-state index contributed by atoms with van der Waals surface area (Å²) in [4.78, 5) is 1.36. The predicted molar refractivity (Wildman–Crippen MR) is 49.5 cm³/mol. The van der Waals surface area contributed by atoms with E-state index in [-0.39, 0.29) is 0 Å². The van der Waals surface area contributed by atoms with Crippen molar-refractivity contribution in [1.29, 1.82) is 0 Å². The van der Waals surface area contributed by atoms with Crippen molar-refractivity contribution in [2.45, 2.75) is 6.92 Å². The van der Waals surface area contributed by atoms with Gasteiger partial charge in [-0.25, -0.2) is 0 Å². The lowest BCUT2D eigenvalue weighted by atomic mass is 10.5. The van der Waals surface area contributed by atoms with Crippen LogP contribution >= 0.6 is 49.9 Å². The smallest absolute Gasteiger partial charge is 0.0834 e. The van der Waals surface area contributed by atoms with E-state index in [1.807, 2.05) is 0 Å². The lowest BCUT2D eigenvalue weighted by molar-refractivity contribution is 1.62. The molecule has 8 heavy (non-hydrogen) atoms. The summed E-state index contributed by atoms with van der Waals surface area (Å²) in [6.45, 7) is 2.11. The molecule has 0 saturated heterocycles. The van der Waals surface area contributed by atoms with Crippen LogP contribution in [0.15, 0.2) is 9.85 Å². The van der Waals surface area contributed by atoms with E-state index in [0.717, 1.165) is 0 Å². The van der Waals surface area contributed by atoms with Crippen LogP contribution in [0.1, 0.15) is 4.88 Å². The van der Waals surface area contributed by atoms with Gasteiger partial charge in [0.2, 0.25) is 0 Å². The van der Waals surface area contributed by atoms with Crippen molar-refractivity contribution in [1.82, 2.24) is 0 Å². The van der Waals surface area contributed by atoms with Crippen LogP contribution in [0.5, 0.6) is 0 Å². The minimum atomic E-state index is 1.25. The van der Waals surface area contributed by atoms with Crippen LogP contribution in [0.4, 0.5) is 0 Å². The molecule has 0 fully saturated rings. The third-order valence-electron chi connectivity index (χ3n) is 0.768. The molecule has 1 rings (SSSR count). The Morgan fingerprint density at radius 2 is 2.38 bits per heavy atom. The van der Waals surface area contributed by atoms with Crippen LogP contribution in [0.3, 0.4) is 0 Å². The van der Waals surface area contributed by atoms with E-state index in [4.69, 9.17) is 0 Å². The molecule has 0 amide bonds. The number of halogens is 2. The molecule has 0 aliphatic carbocycles. The molecule has 0 aliphatic rings. The van der Waals surface area contributed by atoms with Gasteiger partial charge < -0.3 is 0 Å². The van der Waals surface area contributed by atoms with Gasteiger partial charge in [0.1, 0.15) is 0 Å². The monoisotopic (exact) mass is 302 g/mol. The second kappa shape index (κ2) is 2.66. The molecule has 0 unspecified atom stereocenters. The Morgan fingerprint density at radius 3 is 2.50 bits per heavy atom. The number of rotatable bonds is 0. The highest BCUT2D eigenvalue weighted by Gasteiger charge is 1.97. The molecule has 0 atom stereocenters. The fourth-order valence-corrected chi connectivity index (χ4v) is 2.96. The van der Waals surface area contributed by atoms with E-state index in [2.05, 4.69) is 51.5 Å². The minimum Gasteiger partial charge on any atom is -0.132 e. The maximum absolute atomic E-state index is 3.43. The zero-order chi connectivity index (χ0) is 6.15. The highest BCUT2D eigenvalue weighted by atomic mass is 127. The van der Waals surface area contributed by atoms with E-state index in [1.165, 1.54) is 12.2 Å². The standard InChI is InChI=1S/C5H4BrIS/c1-3-2-4(7)5(6)8-3/h2H,1H3. The number of thiophene rings is 1. The first kappa shape index (κ1) is 7.02. The maximum atomic E-state index is 3.43. The van der Waals surface area contributed by atoms with Crippen molar-refractivity contribution in [3.63, 3.8) is 0 Å². The number of aryl methyl sites for hydroxylation is 1. The molecule has 0 spiro atoms. The third kappa shape index (κ3) is 1.45.